The molecule has 1 atom stereocenters. The molecular formula is C14H21NO. The van der Waals surface area contributed by atoms with Gasteiger partial charge in [-0.3, -0.25) is 0 Å². The van der Waals surface area contributed by atoms with Crippen LogP contribution in [0, 0.1) is 6.92 Å². The summed E-state index contributed by atoms with van der Waals surface area (Å²) in [6.07, 6.45) is 2.27. The quantitative estimate of drug-likeness (QED) is 0.844. The van der Waals surface area contributed by atoms with Gasteiger partial charge in [-0.05, 0) is 32.3 Å². The molecule has 0 spiro atoms. The van der Waals surface area contributed by atoms with E-state index in [0.717, 1.165) is 26.1 Å². The van der Waals surface area contributed by atoms with Crippen LogP contribution in [0.5, 0.6) is 0 Å². The van der Waals surface area contributed by atoms with E-state index in [9.17, 15) is 0 Å². The van der Waals surface area contributed by atoms with Crippen LogP contribution in [0.25, 0.3) is 0 Å². The molecular weight excluding hydrogens is 198 g/mol. The molecule has 88 valence electrons. The Bertz CT molecular complexity index is 331. The topological polar surface area (TPSA) is 21.3 Å². The first-order valence-electron chi connectivity index (χ1n) is 6.16. The molecule has 0 aliphatic carbocycles. The minimum Gasteiger partial charge on any atom is -0.381 e. The van der Waals surface area contributed by atoms with Crippen molar-refractivity contribution in [2.24, 2.45) is 0 Å². The number of benzene rings is 1. The van der Waals surface area contributed by atoms with E-state index in [0.29, 0.717) is 12.1 Å². The van der Waals surface area contributed by atoms with Crippen molar-refractivity contribution in [3.63, 3.8) is 0 Å². The maximum Gasteiger partial charge on any atom is 0.0480 e. The van der Waals surface area contributed by atoms with Gasteiger partial charge in [-0.2, -0.15) is 0 Å². The fourth-order valence-electron chi connectivity index (χ4n) is 2.25. The predicted molar refractivity (Wildman–Crippen MR) is 66.6 cm³/mol. The van der Waals surface area contributed by atoms with E-state index in [1.165, 1.54) is 11.1 Å². The lowest BCUT2D eigenvalue weighted by molar-refractivity contribution is 0.0754. The zero-order valence-electron chi connectivity index (χ0n) is 10.2. The summed E-state index contributed by atoms with van der Waals surface area (Å²) >= 11 is 0. The highest BCUT2D eigenvalue weighted by atomic mass is 16.5. The summed E-state index contributed by atoms with van der Waals surface area (Å²) in [4.78, 5) is 0. The highest BCUT2D eigenvalue weighted by Gasteiger charge is 2.16. The summed E-state index contributed by atoms with van der Waals surface area (Å²) in [6.45, 7) is 6.19. The normalized spacial score (nSPS) is 19.6. The molecule has 1 fully saturated rings. The molecule has 1 aliphatic rings. The molecule has 1 saturated heterocycles. The van der Waals surface area contributed by atoms with Crippen molar-refractivity contribution in [3.8, 4) is 0 Å². The van der Waals surface area contributed by atoms with Crippen LogP contribution in [0.4, 0.5) is 0 Å². The van der Waals surface area contributed by atoms with E-state index in [1.807, 2.05) is 0 Å². The van der Waals surface area contributed by atoms with E-state index < -0.39 is 0 Å². The molecule has 2 nitrogen and oxygen atoms in total. The van der Waals surface area contributed by atoms with Crippen molar-refractivity contribution < 1.29 is 4.74 Å². The number of nitrogens with one attached hydrogen (secondary N) is 1. The number of hydrogen-bond donors (Lipinski definition) is 1. The SMILES string of the molecule is Cc1cccc([C@@H](C)NC2CCOCC2)c1. The van der Waals surface area contributed by atoms with E-state index in [1.54, 1.807) is 0 Å². The largest absolute Gasteiger partial charge is 0.381 e. The second kappa shape index (κ2) is 5.46. The molecule has 2 rings (SSSR count). The highest BCUT2D eigenvalue weighted by Crippen LogP contribution is 2.17. The zero-order valence-corrected chi connectivity index (χ0v) is 10.2. The monoisotopic (exact) mass is 219 g/mol. The predicted octanol–water partition coefficient (Wildman–Crippen LogP) is 2.82. The summed E-state index contributed by atoms with van der Waals surface area (Å²) in [7, 11) is 0. The van der Waals surface area contributed by atoms with Gasteiger partial charge in [0, 0.05) is 25.3 Å². The standard InChI is InChI=1S/C14H21NO/c1-11-4-3-5-13(10-11)12(2)15-14-6-8-16-9-7-14/h3-5,10,12,14-15H,6-9H2,1-2H3/t12-/m1/s1. The molecule has 1 aliphatic heterocycles. The van der Waals surface area contributed by atoms with Crippen molar-refractivity contribution in [2.75, 3.05) is 13.2 Å². The van der Waals surface area contributed by atoms with Crippen LogP contribution in [-0.2, 0) is 4.74 Å². The third-order valence-corrected chi connectivity index (χ3v) is 3.25. The van der Waals surface area contributed by atoms with Gasteiger partial charge < -0.3 is 10.1 Å². The first-order chi connectivity index (χ1) is 7.75. The Labute approximate surface area is 98.0 Å². The van der Waals surface area contributed by atoms with Gasteiger partial charge in [0.25, 0.3) is 0 Å². The van der Waals surface area contributed by atoms with Crippen LogP contribution in [-0.4, -0.2) is 19.3 Å². The number of ether oxygens (including phenoxy) is 1. The molecule has 1 aromatic carbocycles. The van der Waals surface area contributed by atoms with Crippen LogP contribution >= 0.6 is 0 Å². The van der Waals surface area contributed by atoms with Crippen LogP contribution in [0.2, 0.25) is 0 Å². The van der Waals surface area contributed by atoms with E-state index in [2.05, 4.69) is 43.4 Å². The second-order valence-electron chi connectivity index (χ2n) is 4.69. The van der Waals surface area contributed by atoms with E-state index >= 15 is 0 Å². The number of aryl methyl sites for hydroxylation is 1. The molecule has 0 aromatic heterocycles. The molecule has 1 heterocycles. The fourth-order valence-corrected chi connectivity index (χ4v) is 2.25. The lowest BCUT2D eigenvalue weighted by Crippen LogP contribution is -2.36. The van der Waals surface area contributed by atoms with Crippen molar-refractivity contribution in [1.29, 1.82) is 0 Å². The second-order valence-corrected chi connectivity index (χ2v) is 4.69. The van der Waals surface area contributed by atoms with Crippen LogP contribution in [0.3, 0.4) is 0 Å². The van der Waals surface area contributed by atoms with Crippen LogP contribution in [0.15, 0.2) is 24.3 Å². The average Bonchev–Trinajstić information content (AvgIpc) is 2.30. The Morgan fingerprint density at radius 1 is 1.31 bits per heavy atom. The van der Waals surface area contributed by atoms with Gasteiger partial charge in [-0.1, -0.05) is 29.8 Å². The van der Waals surface area contributed by atoms with E-state index in [4.69, 9.17) is 4.74 Å². The van der Waals surface area contributed by atoms with Gasteiger partial charge in [0.2, 0.25) is 0 Å². The first-order valence-corrected chi connectivity index (χ1v) is 6.16. The maximum absolute atomic E-state index is 5.37. The molecule has 1 N–H and O–H groups in total. The van der Waals surface area contributed by atoms with Crippen molar-refractivity contribution in [2.45, 2.75) is 38.8 Å². The number of rotatable bonds is 3. The van der Waals surface area contributed by atoms with Gasteiger partial charge >= 0.3 is 0 Å². The molecule has 2 heteroatoms. The lowest BCUT2D eigenvalue weighted by atomic mass is 10.0. The molecule has 0 bridgehead atoms. The van der Waals surface area contributed by atoms with Gasteiger partial charge in [-0.25, -0.2) is 0 Å². The Morgan fingerprint density at radius 2 is 2.06 bits per heavy atom. The minimum atomic E-state index is 0.433. The molecule has 0 unspecified atom stereocenters. The summed E-state index contributed by atoms with van der Waals surface area (Å²) in [5.74, 6) is 0. The number of hydrogen-bond acceptors (Lipinski definition) is 2. The summed E-state index contributed by atoms with van der Waals surface area (Å²) in [6, 6.07) is 9.78. The van der Waals surface area contributed by atoms with Crippen LogP contribution < -0.4 is 5.32 Å². The average molecular weight is 219 g/mol. The first kappa shape index (κ1) is 11.6. The molecule has 16 heavy (non-hydrogen) atoms. The maximum atomic E-state index is 5.37. The lowest BCUT2D eigenvalue weighted by Gasteiger charge is -2.27. The Hall–Kier alpha value is -0.860. The fraction of sp³-hybridized carbons (Fsp3) is 0.571. The third kappa shape index (κ3) is 3.06. The van der Waals surface area contributed by atoms with Gasteiger partial charge in [0.05, 0.1) is 0 Å². The summed E-state index contributed by atoms with van der Waals surface area (Å²) < 4.78 is 5.37. The molecule has 0 amide bonds. The minimum absolute atomic E-state index is 0.433. The van der Waals surface area contributed by atoms with Gasteiger partial charge in [0.1, 0.15) is 0 Å². The smallest absolute Gasteiger partial charge is 0.0480 e. The van der Waals surface area contributed by atoms with Crippen LogP contribution in [0.1, 0.15) is 36.9 Å². The Morgan fingerprint density at radius 3 is 2.75 bits per heavy atom. The summed E-state index contributed by atoms with van der Waals surface area (Å²) in [5.41, 5.74) is 2.71. The van der Waals surface area contributed by atoms with Crippen molar-refractivity contribution in [3.05, 3.63) is 35.4 Å². The Kier molecular flexibility index (Phi) is 3.97. The highest BCUT2D eigenvalue weighted by molar-refractivity contribution is 5.24. The third-order valence-electron chi connectivity index (χ3n) is 3.25. The van der Waals surface area contributed by atoms with Crippen molar-refractivity contribution >= 4 is 0 Å². The van der Waals surface area contributed by atoms with Gasteiger partial charge in [0.15, 0.2) is 0 Å². The summed E-state index contributed by atoms with van der Waals surface area (Å²) in [5, 5.41) is 3.68. The molecule has 0 saturated carbocycles. The van der Waals surface area contributed by atoms with E-state index in [-0.39, 0.29) is 0 Å². The zero-order chi connectivity index (χ0) is 11.4. The molecule has 0 radical (unpaired) electrons. The Balaban J connectivity index is 1.94. The van der Waals surface area contributed by atoms with Crippen molar-refractivity contribution in [1.82, 2.24) is 5.32 Å². The van der Waals surface area contributed by atoms with Gasteiger partial charge in [-0.15, -0.1) is 0 Å². The molecule has 1 aromatic rings.